The minimum Gasteiger partial charge on any atom is -0.480 e. The molecule has 0 fully saturated rings. The van der Waals surface area contributed by atoms with Gasteiger partial charge in [0, 0.05) is 19.1 Å². The van der Waals surface area contributed by atoms with E-state index in [0.717, 1.165) is 0 Å². The van der Waals surface area contributed by atoms with Crippen molar-refractivity contribution < 1.29 is 24.4 Å². The van der Waals surface area contributed by atoms with Crippen LogP contribution >= 0.6 is 11.3 Å². The Bertz CT molecular complexity index is 563. The van der Waals surface area contributed by atoms with Crippen LogP contribution in [0.5, 0.6) is 0 Å². The van der Waals surface area contributed by atoms with Crippen molar-refractivity contribution in [2.24, 2.45) is 0 Å². The number of aliphatic carboxylic acids is 1. The van der Waals surface area contributed by atoms with Gasteiger partial charge in [-0.05, 0) is 26.8 Å². The molecule has 1 rings (SSSR count). The maximum atomic E-state index is 11.9. The van der Waals surface area contributed by atoms with Gasteiger partial charge in [-0.15, -0.1) is 0 Å². The van der Waals surface area contributed by atoms with Gasteiger partial charge in [0.15, 0.2) is 0 Å². The minimum absolute atomic E-state index is 0.0923. The summed E-state index contributed by atoms with van der Waals surface area (Å²) in [5.41, 5.74) is -0.401. The molecule has 0 aliphatic carbocycles. The minimum atomic E-state index is -1.18. The molecule has 0 saturated heterocycles. The van der Waals surface area contributed by atoms with Crippen LogP contribution in [-0.2, 0) is 9.53 Å². The molecule has 1 atom stereocenters. The predicted molar refractivity (Wildman–Crippen MR) is 80.2 cm³/mol. The Morgan fingerprint density at radius 2 is 2.09 bits per heavy atom. The fraction of sp³-hybridized carbons (Fsp3) is 0.538. The van der Waals surface area contributed by atoms with Gasteiger partial charge in [-0.25, -0.2) is 4.79 Å². The number of carboxylic acids is 1. The molecule has 1 amide bonds. The Morgan fingerprint density at radius 3 is 2.55 bits per heavy atom. The summed E-state index contributed by atoms with van der Waals surface area (Å²) >= 11 is 0.696. The zero-order chi connectivity index (χ0) is 16.9. The van der Waals surface area contributed by atoms with E-state index in [1.807, 2.05) is 20.8 Å². The highest BCUT2D eigenvalue weighted by Gasteiger charge is 2.23. The summed E-state index contributed by atoms with van der Waals surface area (Å²) in [6, 6.07) is 1.39. The second-order valence-corrected chi connectivity index (χ2v) is 6.57. The average Bonchev–Trinajstić information content (AvgIpc) is 2.85. The monoisotopic (exact) mass is 330 g/mol. The third-order valence-electron chi connectivity index (χ3n) is 2.54. The number of hydrogen-bond donors (Lipinski definition) is 2. The van der Waals surface area contributed by atoms with Crippen LogP contribution in [-0.4, -0.2) is 40.2 Å². The lowest BCUT2D eigenvalue weighted by Gasteiger charge is -2.21. The van der Waals surface area contributed by atoms with Gasteiger partial charge in [0.1, 0.15) is 6.04 Å². The molecule has 22 heavy (non-hydrogen) atoms. The van der Waals surface area contributed by atoms with Crippen LogP contribution in [0.2, 0.25) is 0 Å². The van der Waals surface area contributed by atoms with Gasteiger partial charge in [0.05, 0.1) is 15.4 Å². The number of nitrogens with one attached hydrogen (secondary N) is 1. The summed E-state index contributed by atoms with van der Waals surface area (Å²) < 4.78 is 5.43. The highest BCUT2D eigenvalue weighted by molar-refractivity contribution is 7.17. The Balaban J connectivity index is 2.63. The molecule has 9 heteroatoms. The topological polar surface area (TPSA) is 119 Å². The number of carbonyl (C=O) groups is 2. The molecule has 0 spiro atoms. The van der Waals surface area contributed by atoms with Crippen molar-refractivity contribution >= 4 is 28.2 Å². The summed E-state index contributed by atoms with van der Waals surface area (Å²) in [7, 11) is 0. The van der Waals surface area contributed by atoms with Gasteiger partial charge in [-0.1, -0.05) is 11.3 Å². The van der Waals surface area contributed by atoms with Crippen molar-refractivity contribution in [2.45, 2.75) is 38.8 Å². The maximum absolute atomic E-state index is 11.9. The van der Waals surface area contributed by atoms with Crippen LogP contribution in [0.4, 0.5) is 5.00 Å². The summed E-state index contributed by atoms with van der Waals surface area (Å²) in [5, 5.41) is 21.9. The van der Waals surface area contributed by atoms with Crippen molar-refractivity contribution in [3.05, 3.63) is 27.1 Å². The van der Waals surface area contributed by atoms with Gasteiger partial charge in [-0.2, -0.15) is 0 Å². The number of thiophene rings is 1. The third kappa shape index (κ3) is 5.78. The van der Waals surface area contributed by atoms with Crippen molar-refractivity contribution in [1.29, 1.82) is 0 Å². The molecule has 0 bridgehead atoms. The van der Waals surface area contributed by atoms with E-state index in [-0.39, 0.29) is 22.9 Å². The number of carboxylic acid groups (broad SMARTS) is 1. The fourth-order valence-corrected chi connectivity index (χ4v) is 2.24. The van der Waals surface area contributed by atoms with Gasteiger partial charge in [-0.3, -0.25) is 14.9 Å². The standard InChI is InChI=1S/C13H18N2O6S/c1-13(2,3)21-7-6-8(12(17)18)14-11(16)9-4-5-10(22-9)15(19)20/h4-5,8H,6-7H2,1-3H3,(H,14,16)(H,17,18). The van der Waals surface area contributed by atoms with Crippen LogP contribution in [0.15, 0.2) is 12.1 Å². The lowest BCUT2D eigenvalue weighted by Crippen LogP contribution is -2.41. The summed E-state index contributed by atoms with van der Waals surface area (Å²) in [5.74, 6) is -1.84. The van der Waals surface area contributed by atoms with E-state index < -0.39 is 28.4 Å². The molecule has 0 aromatic carbocycles. The first-order chi connectivity index (χ1) is 10.1. The Labute approximate surface area is 131 Å². The van der Waals surface area contributed by atoms with E-state index in [1.54, 1.807) is 0 Å². The fourth-order valence-electron chi connectivity index (χ4n) is 1.52. The highest BCUT2D eigenvalue weighted by atomic mass is 32.1. The van der Waals surface area contributed by atoms with Crippen LogP contribution in [0.1, 0.15) is 36.9 Å². The second-order valence-electron chi connectivity index (χ2n) is 5.51. The molecule has 0 saturated carbocycles. The van der Waals surface area contributed by atoms with Crippen LogP contribution in [0.25, 0.3) is 0 Å². The van der Waals surface area contributed by atoms with E-state index in [4.69, 9.17) is 9.84 Å². The van der Waals surface area contributed by atoms with Crippen molar-refractivity contribution in [3.63, 3.8) is 0 Å². The number of amides is 1. The van der Waals surface area contributed by atoms with Crippen molar-refractivity contribution in [1.82, 2.24) is 5.32 Å². The van der Waals surface area contributed by atoms with E-state index in [0.29, 0.717) is 11.3 Å². The van der Waals surface area contributed by atoms with Crippen LogP contribution < -0.4 is 5.32 Å². The molecule has 0 aliphatic heterocycles. The molecule has 1 aromatic heterocycles. The first kappa shape index (κ1) is 18.1. The predicted octanol–water partition coefficient (Wildman–Crippen LogP) is 2.04. The Hall–Kier alpha value is -2.00. The molecule has 1 aromatic rings. The first-order valence-corrected chi connectivity index (χ1v) is 7.33. The summed E-state index contributed by atoms with van der Waals surface area (Å²) in [6.45, 7) is 5.69. The first-order valence-electron chi connectivity index (χ1n) is 6.52. The van der Waals surface area contributed by atoms with Crippen LogP contribution in [0.3, 0.4) is 0 Å². The Morgan fingerprint density at radius 1 is 1.45 bits per heavy atom. The molecule has 1 heterocycles. The van der Waals surface area contributed by atoms with Gasteiger partial charge in [0.25, 0.3) is 5.91 Å². The van der Waals surface area contributed by atoms with E-state index in [2.05, 4.69) is 5.32 Å². The molecule has 0 aliphatic rings. The molecule has 1 unspecified atom stereocenters. The zero-order valence-corrected chi connectivity index (χ0v) is 13.3. The molecule has 0 radical (unpaired) electrons. The smallest absolute Gasteiger partial charge is 0.326 e. The molecular weight excluding hydrogens is 312 g/mol. The van der Waals surface area contributed by atoms with E-state index >= 15 is 0 Å². The number of nitrogens with zero attached hydrogens (tertiary/aromatic N) is 1. The number of hydrogen-bond acceptors (Lipinski definition) is 6. The molecule has 2 N–H and O–H groups in total. The van der Waals surface area contributed by atoms with Gasteiger partial charge < -0.3 is 15.2 Å². The lowest BCUT2D eigenvalue weighted by molar-refractivity contribution is -0.380. The lowest BCUT2D eigenvalue weighted by atomic mass is 10.1. The van der Waals surface area contributed by atoms with Crippen molar-refractivity contribution in [3.8, 4) is 0 Å². The Kier molecular flexibility index (Phi) is 6.01. The number of ether oxygens (including phenoxy) is 1. The second kappa shape index (κ2) is 7.32. The molecule has 122 valence electrons. The number of rotatable bonds is 7. The maximum Gasteiger partial charge on any atom is 0.326 e. The quantitative estimate of drug-likeness (QED) is 0.583. The molecule has 8 nitrogen and oxygen atoms in total. The largest absolute Gasteiger partial charge is 0.480 e. The summed E-state index contributed by atoms with van der Waals surface area (Å²) in [4.78, 5) is 33.2. The summed E-state index contributed by atoms with van der Waals surface area (Å²) in [6.07, 6.45) is 0.103. The van der Waals surface area contributed by atoms with E-state index in [1.165, 1.54) is 12.1 Å². The third-order valence-corrected chi connectivity index (χ3v) is 3.58. The number of carbonyl (C=O) groups excluding carboxylic acids is 1. The van der Waals surface area contributed by atoms with Crippen molar-refractivity contribution in [2.75, 3.05) is 6.61 Å². The normalized spacial score (nSPS) is 12.7. The molecular formula is C13H18N2O6S. The van der Waals surface area contributed by atoms with Gasteiger partial charge in [0.2, 0.25) is 0 Å². The number of nitro groups is 1. The zero-order valence-electron chi connectivity index (χ0n) is 12.5. The average molecular weight is 330 g/mol. The van der Waals surface area contributed by atoms with Crippen LogP contribution in [0, 0.1) is 10.1 Å². The van der Waals surface area contributed by atoms with Gasteiger partial charge >= 0.3 is 11.0 Å². The highest BCUT2D eigenvalue weighted by Crippen LogP contribution is 2.23. The van der Waals surface area contributed by atoms with E-state index in [9.17, 15) is 19.7 Å². The SMILES string of the molecule is CC(C)(C)OCCC(NC(=O)c1ccc([N+](=O)[O-])s1)C(=O)O.